The molecule has 1 aromatic carbocycles. The van der Waals surface area contributed by atoms with Crippen LogP contribution in [0.1, 0.15) is 31.7 Å². The van der Waals surface area contributed by atoms with E-state index in [2.05, 4.69) is 0 Å². The SMILES string of the molecule is CCOC(=O)CCC1=C([P+](O)(O)Cc2ccccc2)CCO1. The summed E-state index contributed by atoms with van der Waals surface area (Å²) in [6, 6.07) is 9.37. The van der Waals surface area contributed by atoms with Crippen LogP contribution in [-0.4, -0.2) is 29.0 Å². The molecular weight excluding hydrogens is 303 g/mol. The Labute approximate surface area is 131 Å². The van der Waals surface area contributed by atoms with Crippen LogP contribution in [0, 0.1) is 0 Å². The molecule has 0 aliphatic carbocycles. The summed E-state index contributed by atoms with van der Waals surface area (Å²) in [5.74, 6) is 0.245. The van der Waals surface area contributed by atoms with Gasteiger partial charge in [-0.2, -0.15) is 0 Å². The topological polar surface area (TPSA) is 76.0 Å². The summed E-state index contributed by atoms with van der Waals surface area (Å²) in [6.07, 6.45) is 1.26. The third-order valence-corrected chi connectivity index (χ3v) is 5.62. The lowest BCUT2D eigenvalue weighted by Crippen LogP contribution is -2.05. The summed E-state index contributed by atoms with van der Waals surface area (Å²) in [7, 11) is -3.24. The smallest absolute Gasteiger partial charge is 0.306 e. The number of hydrogen-bond donors (Lipinski definition) is 2. The highest BCUT2D eigenvalue weighted by atomic mass is 31.2. The zero-order chi connectivity index (χ0) is 16.0. The number of rotatable bonds is 7. The van der Waals surface area contributed by atoms with E-state index in [1.54, 1.807) is 6.92 Å². The van der Waals surface area contributed by atoms with Gasteiger partial charge in [0, 0.05) is 12.8 Å². The van der Waals surface area contributed by atoms with Crippen molar-refractivity contribution in [2.75, 3.05) is 13.2 Å². The lowest BCUT2D eigenvalue weighted by molar-refractivity contribution is -0.143. The van der Waals surface area contributed by atoms with Crippen LogP contribution < -0.4 is 0 Å². The van der Waals surface area contributed by atoms with Gasteiger partial charge in [0.25, 0.3) is 0 Å². The predicted octanol–water partition coefficient (Wildman–Crippen LogP) is 2.99. The Morgan fingerprint density at radius 2 is 2.05 bits per heavy atom. The van der Waals surface area contributed by atoms with Crippen molar-refractivity contribution in [1.29, 1.82) is 0 Å². The van der Waals surface area contributed by atoms with Gasteiger partial charge in [0.15, 0.2) is 5.31 Å². The van der Waals surface area contributed by atoms with Crippen LogP contribution in [0.4, 0.5) is 0 Å². The number of allylic oxidation sites excluding steroid dienone is 1. The van der Waals surface area contributed by atoms with Crippen molar-refractivity contribution in [3.63, 3.8) is 0 Å². The number of hydrogen-bond acceptors (Lipinski definition) is 5. The fraction of sp³-hybridized carbons (Fsp3) is 0.438. The average molecular weight is 325 g/mol. The van der Waals surface area contributed by atoms with Crippen LogP contribution in [-0.2, 0) is 20.4 Å². The van der Waals surface area contributed by atoms with Crippen molar-refractivity contribution in [3.05, 3.63) is 47.0 Å². The Morgan fingerprint density at radius 1 is 1.32 bits per heavy atom. The molecule has 2 N–H and O–H groups in total. The molecule has 2 rings (SSSR count). The van der Waals surface area contributed by atoms with E-state index < -0.39 is 7.72 Å². The van der Waals surface area contributed by atoms with Gasteiger partial charge in [-0.05, 0) is 12.5 Å². The van der Waals surface area contributed by atoms with Gasteiger partial charge >= 0.3 is 13.7 Å². The van der Waals surface area contributed by atoms with Gasteiger partial charge in [-0.15, -0.1) is 0 Å². The first-order chi connectivity index (χ1) is 10.5. The number of carbonyl (C=O) groups excluding carboxylic acids is 1. The molecule has 22 heavy (non-hydrogen) atoms. The van der Waals surface area contributed by atoms with E-state index in [-0.39, 0.29) is 18.6 Å². The lowest BCUT2D eigenvalue weighted by Gasteiger charge is -2.14. The number of esters is 1. The highest BCUT2D eigenvalue weighted by molar-refractivity contribution is 7.68. The molecule has 0 bridgehead atoms. The molecule has 0 atom stereocenters. The second-order valence-corrected chi connectivity index (χ2v) is 7.46. The van der Waals surface area contributed by atoms with Crippen LogP contribution in [0.3, 0.4) is 0 Å². The van der Waals surface area contributed by atoms with E-state index in [1.165, 1.54) is 0 Å². The first-order valence-electron chi connectivity index (χ1n) is 7.41. The molecule has 1 aliphatic rings. The average Bonchev–Trinajstić information content (AvgIpc) is 2.95. The summed E-state index contributed by atoms with van der Waals surface area (Å²) < 4.78 is 10.4. The van der Waals surface area contributed by atoms with Crippen molar-refractivity contribution in [3.8, 4) is 0 Å². The monoisotopic (exact) mass is 325 g/mol. The van der Waals surface area contributed by atoms with Crippen molar-refractivity contribution in [2.45, 2.75) is 32.3 Å². The van der Waals surface area contributed by atoms with E-state index in [4.69, 9.17) is 9.47 Å². The normalized spacial score (nSPS) is 14.9. The molecule has 0 aromatic heterocycles. The summed E-state index contributed by atoms with van der Waals surface area (Å²) in [5, 5.41) is 0.570. The first-order valence-corrected chi connectivity index (χ1v) is 9.29. The van der Waals surface area contributed by atoms with Crippen LogP contribution in [0.2, 0.25) is 0 Å². The van der Waals surface area contributed by atoms with Gasteiger partial charge < -0.3 is 9.47 Å². The molecule has 6 heteroatoms. The Balaban J connectivity index is 2.06. The predicted molar refractivity (Wildman–Crippen MR) is 85.0 cm³/mol. The number of carbonyl (C=O) groups is 1. The Morgan fingerprint density at radius 3 is 2.73 bits per heavy atom. The van der Waals surface area contributed by atoms with E-state index in [0.29, 0.717) is 37.1 Å². The summed E-state index contributed by atoms with van der Waals surface area (Å²) in [5.41, 5.74) is 0.880. The maximum Gasteiger partial charge on any atom is 0.306 e. The maximum absolute atomic E-state index is 11.4. The highest BCUT2D eigenvalue weighted by Crippen LogP contribution is 2.64. The number of benzene rings is 1. The van der Waals surface area contributed by atoms with E-state index in [1.807, 2.05) is 30.3 Å². The molecule has 1 heterocycles. The summed E-state index contributed by atoms with van der Waals surface area (Å²) >= 11 is 0. The molecular formula is C16H22O5P+. The standard InChI is InChI=1S/C16H22O5P/c1-2-20-16(17)9-8-14-15(10-11-21-14)22(18,19)12-13-6-4-3-5-7-13/h3-7,18-19H,2,8-12H2,1H3/q+1. The van der Waals surface area contributed by atoms with Crippen molar-refractivity contribution in [2.24, 2.45) is 0 Å². The second-order valence-electron chi connectivity index (χ2n) is 5.15. The third kappa shape index (κ3) is 4.54. The first kappa shape index (κ1) is 16.9. The van der Waals surface area contributed by atoms with Crippen LogP contribution in [0.15, 0.2) is 41.4 Å². The van der Waals surface area contributed by atoms with E-state index >= 15 is 0 Å². The second kappa shape index (κ2) is 7.73. The Bertz CT molecular complexity index is 539. The Hall–Kier alpha value is -1.42. The minimum atomic E-state index is -3.24. The van der Waals surface area contributed by atoms with Crippen LogP contribution >= 0.6 is 7.72 Å². The molecule has 0 amide bonds. The van der Waals surface area contributed by atoms with Crippen molar-refractivity contribution >= 4 is 13.7 Å². The maximum atomic E-state index is 11.4. The van der Waals surface area contributed by atoms with Crippen LogP contribution in [0.5, 0.6) is 0 Å². The summed E-state index contributed by atoms with van der Waals surface area (Å²) in [4.78, 5) is 32.5. The largest absolute Gasteiger partial charge is 0.493 e. The highest BCUT2D eigenvalue weighted by Gasteiger charge is 2.44. The van der Waals surface area contributed by atoms with E-state index in [0.717, 1.165) is 5.56 Å². The van der Waals surface area contributed by atoms with Crippen molar-refractivity contribution < 1.29 is 24.1 Å². The van der Waals surface area contributed by atoms with Gasteiger partial charge in [0.1, 0.15) is 11.9 Å². The zero-order valence-electron chi connectivity index (χ0n) is 12.7. The quantitative estimate of drug-likeness (QED) is 0.595. The van der Waals surface area contributed by atoms with Crippen LogP contribution in [0.25, 0.3) is 0 Å². The summed E-state index contributed by atoms with van der Waals surface area (Å²) in [6.45, 7) is 2.54. The molecule has 0 radical (unpaired) electrons. The minimum absolute atomic E-state index is 0.192. The molecule has 1 aromatic rings. The molecule has 0 saturated heterocycles. The fourth-order valence-corrected chi connectivity index (χ4v) is 4.41. The Kier molecular flexibility index (Phi) is 5.95. The number of ether oxygens (including phenoxy) is 2. The fourth-order valence-electron chi connectivity index (χ4n) is 2.47. The third-order valence-electron chi connectivity index (χ3n) is 3.48. The van der Waals surface area contributed by atoms with Gasteiger partial charge in [-0.1, -0.05) is 30.3 Å². The van der Waals surface area contributed by atoms with Gasteiger partial charge in [-0.3, -0.25) is 4.79 Å². The van der Waals surface area contributed by atoms with E-state index in [9.17, 15) is 14.6 Å². The van der Waals surface area contributed by atoms with Gasteiger partial charge in [-0.25, -0.2) is 9.79 Å². The molecule has 0 fully saturated rings. The van der Waals surface area contributed by atoms with Gasteiger partial charge in [0.2, 0.25) is 0 Å². The molecule has 5 nitrogen and oxygen atoms in total. The minimum Gasteiger partial charge on any atom is -0.493 e. The molecule has 120 valence electrons. The lowest BCUT2D eigenvalue weighted by atomic mass is 10.2. The molecule has 0 unspecified atom stereocenters. The molecule has 0 spiro atoms. The van der Waals surface area contributed by atoms with Gasteiger partial charge in [0.05, 0.1) is 19.6 Å². The molecule has 1 aliphatic heterocycles. The zero-order valence-corrected chi connectivity index (χ0v) is 13.6. The van der Waals surface area contributed by atoms with Crippen molar-refractivity contribution in [1.82, 2.24) is 0 Å². The molecule has 0 saturated carbocycles.